The summed E-state index contributed by atoms with van der Waals surface area (Å²) < 4.78 is 2.32. The highest BCUT2D eigenvalue weighted by Gasteiger charge is 2.24. The number of hydrogen-bond donors (Lipinski definition) is 1. The van der Waals surface area contributed by atoms with Crippen molar-refractivity contribution in [3.8, 4) is 0 Å². The van der Waals surface area contributed by atoms with Gasteiger partial charge < -0.3 is 9.67 Å². The summed E-state index contributed by atoms with van der Waals surface area (Å²) in [7, 11) is 0. The third-order valence-electron chi connectivity index (χ3n) is 3.64. The minimum Gasteiger partial charge on any atom is -0.396 e. The van der Waals surface area contributed by atoms with Crippen LogP contribution >= 0.6 is 11.8 Å². The molecule has 0 aliphatic heterocycles. The van der Waals surface area contributed by atoms with Crippen molar-refractivity contribution in [1.29, 1.82) is 0 Å². The Morgan fingerprint density at radius 2 is 2.22 bits per heavy atom. The zero-order chi connectivity index (χ0) is 13.0. The maximum Gasteiger partial charge on any atom is 0.191 e. The molecule has 18 heavy (non-hydrogen) atoms. The van der Waals surface area contributed by atoms with Crippen molar-refractivity contribution in [2.45, 2.75) is 57.1 Å². The van der Waals surface area contributed by atoms with Crippen LogP contribution in [0.1, 0.15) is 50.9 Å². The summed E-state index contributed by atoms with van der Waals surface area (Å²) in [5, 5.41) is 18.4. The van der Waals surface area contributed by atoms with Crippen molar-refractivity contribution in [1.82, 2.24) is 14.8 Å². The van der Waals surface area contributed by atoms with E-state index in [0.29, 0.717) is 6.04 Å². The highest BCUT2D eigenvalue weighted by atomic mass is 32.2. The fourth-order valence-electron chi connectivity index (χ4n) is 2.73. The van der Waals surface area contributed by atoms with Crippen molar-refractivity contribution in [2.24, 2.45) is 5.92 Å². The molecular formula is C13H23N3OS. The number of aliphatic hydroxyl groups excluding tert-OH is 1. The number of thioether (sulfide) groups is 1. The predicted octanol–water partition coefficient (Wildman–Crippen LogP) is 2.81. The zero-order valence-electron chi connectivity index (χ0n) is 11.3. The van der Waals surface area contributed by atoms with Gasteiger partial charge in [0.05, 0.1) is 0 Å². The molecule has 102 valence electrons. The summed E-state index contributed by atoms with van der Waals surface area (Å²) in [4.78, 5) is 0. The Bertz CT molecular complexity index is 380. The molecule has 1 aliphatic carbocycles. The molecule has 0 spiro atoms. The third kappa shape index (κ3) is 3.26. The molecule has 0 amide bonds. The van der Waals surface area contributed by atoms with Crippen LogP contribution in [-0.4, -0.2) is 32.2 Å². The second kappa shape index (κ2) is 6.57. The number of aliphatic hydroxyl groups is 1. The molecule has 0 saturated heterocycles. The molecule has 4 nitrogen and oxygen atoms in total. The Morgan fingerprint density at radius 3 is 2.94 bits per heavy atom. The van der Waals surface area contributed by atoms with Gasteiger partial charge in [-0.25, -0.2) is 0 Å². The lowest BCUT2D eigenvalue weighted by Crippen LogP contribution is -2.19. The molecule has 1 fully saturated rings. The summed E-state index contributed by atoms with van der Waals surface area (Å²) in [6, 6.07) is 0.570. The van der Waals surface area contributed by atoms with Crippen LogP contribution in [0.4, 0.5) is 0 Å². The largest absolute Gasteiger partial charge is 0.396 e. The van der Waals surface area contributed by atoms with E-state index in [1.165, 1.54) is 25.7 Å². The third-order valence-corrected chi connectivity index (χ3v) is 4.67. The van der Waals surface area contributed by atoms with Gasteiger partial charge in [0.1, 0.15) is 5.82 Å². The normalized spacial score (nSPS) is 24.4. The minimum atomic E-state index is 0.251. The van der Waals surface area contributed by atoms with Gasteiger partial charge in [-0.15, -0.1) is 10.2 Å². The van der Waals surface area contributed by atoms with Crippen LogP contribution in [0.25, 0.3) is 0 Å². The van der Waals surface area contributed by atoms with E-state index in [9.17, 15) is 0 Å². The second-order valence-electron chi connectivity index (χ2n) is 5.25. The van der Waals surface area contributed by atoms with Crippen molar-refractivity contribution in [2.75, 3.05) is 12.4 Å². The summed E-state index contributed by atoms with van der Waals surface area (Å²) in [6.07, 6.45) is 5.97. The van der Waals surface area contributed by atoms with Crippen LogP contribution < -0.4 is 0 Å². The van der Waals surface area contributed by atoms with E-state index in [-0.39, 0.29) is 6.61 Å². The molecule has 1 N–H and O–H groups in total. The Kier molecular flexibility index (Phi) is 5.06. The lowest BCUT2D eigenvalue weighted by Gasteiger charge is -2.29. The molecule has 0 bridgehead atoms. The quantitative estimate of drug-likeness (QED) is 0.659. The number of aromatic nitrogens is 3. The predicted molar refractivity (Wildman–Crippen MR) is 73.9 cm³/mol. The van der Waals surface area contributed by atoms with Crippen LogP contribution in [0.5, 0.6) is 0 Å². The molecule has 2 atom stereocenters. The molecule has 0 radical (unpaired) electrons. The number of rotatable bonds is 5. The van der Waals surface area contributed by atoms with E-state index in [4.69, 9.17) is 5.11 Å². The average molecular weight is 269 g/mol. The first-order chi connectivity index (χ1) is 8.72. The second-order valence-corrected chi connectivity index (χ2v) is 6.31. The molecule has 0 aromatic carbocycles. The van der Waals surface area contributed by atoms with E-state index >= 15 is 0 Å². The molecule has 2 rings (SSSR count). The Labute approximate surface area is 113 Å². The lowest BCUT2D eigenvalue weighted by atomic mass is 9.87. The maximum atomic E-state index is 8.85. The van der Waals surface area contributed by atoms with Crippen LogP contribution in [0.2, 0.25) is 0 Å². The van der Waals surface area contributed by atoms with Crippen LogP contribution in [0, 0.1) is 12.8 Å². The SMILES string of the molecule is Cc1nnc(SCCCO)n1C1CCCC(C)C1. The van der Waals surface area contributed by atoms with Gasteiger partial charge in [0.2, 0.25) is 0 Å². The number of hydrogen-bond acceptors (Lipinski definition) is 4. The standard InChI is InChI=1S/C13H23N3OS/c1-10-5-3-6-12(9-10)16-11(2)14-15-13(16)18-8-4-7-17/h10,12,17H,3-9H2,1-2H3. The van der Waals surface area contributed by atoms with E-state index in [1.807, 2.05) is 6.92 Å². The van der Waals surface area contributed by atoms with Gasteiger partial charge in [0.15, 0.2) is 5.16 Å². The van der Waals surface area contributed by atoms with Gasteiger partial charge in [-0.3, -0.25) is 0 Å². The highest BCUT2D eigenvalue weighted by Crippen LogP contribution is 2.35. The van der Waals surface area contributed by atoms with Crippen LogP contribution in [-0.2, 0) is 0 Å². The molecule has 1 aromatic rings. The van der Waals surface area contributed by atoms with Gasteiger partial charge in [-0.1, -0.05) is 31.5 Å². The van der Waals surface area contributed by atoms with Gasteiger partial charge in [0.25, 0.3) is 0 Å². The molecule has 5 heteroatoms. The maximum absolute atomic E-state index is 8.85. The molecule has 1 aliphatic rings. The van der Waals surface area contributed by atoms with Crippen molar-refractivity contribution < 1.29 is 5.11 Å². The fourth-order valence-corrected chi connectivity index (χ4v) is 3.71. The zero-order valence-corrected chi connectivity index (χ0v) is 12.1. The first-order valence-electron chi connectivity index (χ1n) is 6.87. The van der Waals surface area contributed by atoms with Gasteiger partial charge in [-0.2, -0.15) is 0 Å². The summed E-state index contributed by atoms with van der Waals surface area (Å²) >= 11 is 1.72. The monoisotopic (exact) mass is 269 g/mol. The fraction of sp³-hybridized carbons (Fsp3) is 0.846. The topological polar surface area (TPSA) is 50.9 Å². The first-order valence-corrected chi connectivity index (χ1v) is 7.86. The summed E-state index contributed by atoms with van der Waals surface area (Å²) in [5.74, 6) is 2.75. The van der Waals surface area contributed by atoms with E-state index in [1.54, 1.807) is 11.8 Å². The smallest absolute Gasteiger partial charge is 0.191 e. The molecule has 1 aromatic heterocycles. The molecule has 1 heterocycles. The number of aryl methyl sites for hydroxylation is 1. The van der Waals surface area contributed by atoms with E-state index in [2.05, 4.69) is 21.7 Å². The first kappa shape index (κ1) is 13.9. The Hall–Kier alpha value is -0.550. The van der Waals surface area contributed by atoms with Crippen LogP contribution in [0.3, 0.4) is 0 Å². The average Bonchev–Trinajstić information content (AvgIpc) is 2.71. The molecule has 2 unspecified atom stereocenters. The van der Waals surface area contributed by atoms with Gasteiger partial charge in [-0.05, 0) is 32.1 Å². The van der Waals surface area contributed by atoms with E-state index in [0.717, 1.165) is 29.1 Å². The van der Waals surface area contributed by atoms with Crippen molar-refractivity contribution >= 4 is 11.8 Å². The summed E-state index contributed by atoms with van der Waals surface area (Å²) in [6.45, 7) is 4.63. The minimum absolute atomic E-state index is 0.251. The van der Waals surface area contributed by atoms with Crippen molar-refractivity contribution in [3.05, 3.63) is 5.82 Å². The van der Waals surface area contributed by atoms with Crippen LogP contribution in [0.15, 0.2) is 5.16 Å². The molecule has 1 saturated carbocycles. The highest BCUT2D eigenvalue weighted by molar-refractivity contribution is 7.99. The molecular weight excluding hydrogens is 246 g/mol. The van der Waals surface area contributed by atoms with Gasteiger partial charge >= 0.3 is 0 Å². The lowest BCUT2D eigenvalue weighted by molar-refractivity contribution is 0.268. The summed E-state index contributed by atoms with van der Waals surface area (Å²) in [5.41, 5.74) is 0. The Balaban J connectivity index is 2.07. The van der Waals surface area contributed by atoms with Crippen molar-refractivity contribution in [3.63, 3.8) is 0 Å². The Morgan fingerprint density at radius 1 is 1.39 bits per heavy atom. The number of nitrogens with zero attached hydrogens (tertiary/aromatic N) is 3. The van der Waals surface area contributed by atoms with E-state index < -0.39 is 0 Å². The van der Waals surface area contributed by atoms with Gasteiger partial charge in [0, 0.05) is 18.4 Å².